The van der Waals surface area contributed by atoms with Crippen LogP contribution in [0.25, 0.3) is 45.6 Å². The van der Waals surface area contributed by atoms with E-state index in [1.807, 2.05) is 48.5 Å². The molecule has 0 amide bonds. The number of hydrogen-bond acceptors (Lipinski definition) is 6. The summed E-state index contributed by atoms with van der Waals surface area (Å²) in [7, 11) is 0. The number of aromatic nitrogens is 6. The lowest BCUT2D eigenvalue weighted by molar-refractivity contribution is 0.100. The summed E-state index contributed by atoms with van der Waals surface area (Å²) in [6.45, 7) is 3.06. The number of nitrogens with zero attached hydrogens (tertiary/aromatic N) is 4. The van der Waals surface area contributed by atoms with Crippen LogP contribution < -0.4 is 0 Å². The molecule has 5 rings (SSSR count). The molecular weight excluding hydrogens is 428 g/mol. The molecule has 0 aliphatic heterocycles. The second-order valence-corrected chi connectivity index (χ2v) is 7.87. The fourth-order valence-corrected chi connectivity index (χ4v) is 3.61. The zero-order valence-electron chi connectivity index (χ0n) is 18.5. The Morgan fingerprint density at radius 1 is 0.588 bits per heavy atom. The Morgan fingerprint density at radius 2 is 1.00 bits per heavy atom. The smallest absolute Gasteiger partial charge is 0.181 e. The first-order valence-corrected chi connectivity index (χ1v) is 10.7. The number of rotatable bonds is 6. The molecular formula is C26H20N6O2. The van der Waals surface area contributed by atoms with Gasteiger partial charge in [-0.3, -0.25) is 19.8 Å². The Morgan fingerprint density at radius 3 is 1.44 bits per heavy atom. The highest BCUT2D eigenvalue weighted by molar-refractivity contribution is 5.95. The lowest BCUT2D eigenvalue weighted by Crippen LogP contribution is -1.92. The van der Waals surface area contributed by atoms with Crippen LogP contribution in [0.15, 0.2) is 72.8 Å². The molecule has 0 spiro atoms. The van der Waals surface area contributed by atoms with Crippen LogP contribution in [0.1, 0.15) is 34.6 Å². The van der Waals surface area contributed by atoms with Gasteiger partial charge in [0.25, 0.3) is 0 Å². The summed E-state index contributed by atoms with van der Waals surface area (Å²) < 4.78 is 0. The minimum absolute atomic E-state index is 0.00948. The van der Waals surface area contributed by atoms with Crippen molar-refractivity contribution in [3.63, 3.8) is 0 Å². The van der Waals surface area contributed by atoms with Crippen molar-refractivity contribution in [1.82, 2.24) is 30.4 Å². The maximum absolute atomic E-state index is 11.7. The van der Waals surface area contributed by atoms with E-state index in [-0.39, 0.29) is 11.6 Å². The van der Waals surface area contributed by atoms with Crippen molar-refractivity contribution in [3.05, 3.63) is 83.9 Å². The summed E-state index contributed by atoms with van der Waals surface area (Å²) in [4.78, 5) is 32.6. The average Bonchev–Trinajstić information content (AvgIpc) is 3.55. The molecule has 8 heteroatoms. The van der Waals surface area contributed by atoms with Gasteiger partial charge in [-0.1, -0.05) is 54.6 Å². The number of ketones is 2. The standard InChI is InChI=1S/C26H20N6O2/c1-15(33)17-6-3-8-19(12-17)23-27-25(31-29-23)21-10-5-11-22(14-21)26-28-24(30-32-26)20-9-4-7-18(13-20)16(2)34/h3-14H,1-2H3,(H,27,29,31)(H,28,30,32). The summed E-state index contributed by atoms with van der Waals surface area (Å²) in [5.74, 6) is 2.19. The van der Waals surface area contributed by atoms with Gasteiger partial charge >= 0.3 is 0 Å². The highest BCUT2D eigenvalue weighted by Crippen LogP contribution is 2.26. The van der Waals surface area contributed by atoms with Crippen LogP contribution in [0.5, 0.6) is 0 Å². The second-order valence-electron chi connectivity index (χ2n) is 7.87. The number of aromatic amines is 2. The second kappa shape index (κ2) is 8.67. The van der Waals surface area contributed by atoms with Crippen LogP contribution in [0.2, 0.25) is 0 Å². The van der Waals surface area contributed by atoms with Gasteiger partial charge in [0, 0.05) is 33.4 Å². The van der Waals surface area contributed by atoms with E-state index in [1.165, 1.54) is 13.8 Å². The van der Waals surface area contributed by atoms with E-state index in [4.69, 9.17) is 0 Å². The van der Waals surface area contributed by atoms with Crippen LogP contribution in [0, 0.1) is 0 Å². The van der Waals surface area contributed by atoms with Gasteiger partial charge < -0.3 is 0 Å². The lowest BCUT2D eigenvalue weighted by atomic mass is 10.1. The van der Waals surface area contributed by atoms with Crippen molar-refractivity contribution >= 4 is 11.6 Å². The van der Waals surface area contributed by atoms with Crippen LogP contribution in [-0.4, -0.2) is 41.9 Å². The van der Waals surface area contributed by atoms with Gasteiger partial charge in [-0.2, -0.15) is 10.2 Å². The predicted octanol–water partition coefficient (Wildman–Crippen LogP) is 5.00. The fraction of sp³-hybridized carbons (Fsp3) is 0.0769. The minimum Gasteiger partial charge on any atom is -0.295 e. The van der Waals surface area contributed by atoms with E-state index in [9.17, 15) is 9.59 Å². The summed E-state index contributed by atoms with van der Waals surface area (Å²) in [5, 5.41) is 14.6. The number of carbonyl (C=O) groups is 2. The van der Waals surface area contributed by atoms with E-state index in [2.05, 4.69) is 30.4 Å². The third kappa shape index (κ3) is 4.16. The number of nitrogens with one attached hydrogen (secondary N) is 2. The maximum Gasteiger partial charge on any atom is 0.181 e. The van der Waals surface area contributed by atoms with Gasteiger partial charge in [0.05, 0.1) is 0 Å². The van der Waals surface area contributed by atoms with E-state index in [1.54, 1.807) is 24.3 Å². The Kier molecular flexibility index (Phi) is 5.39. The molecule has 0 aliphatic rings. The Labute approximate surface area is 195 Å². The first-order chi connectivity index (χ1) is 16.5. The van der Waals surface area contributed by atoms with Crippen LogP contribution in [-0.2, 0) is 0 Å². The number of H-pyrrole nitrogens is 2. The fourth-order valence-electron chi connectivity index (χ4n) is 3.61. The Hall–Kier alpha value is -4.72. The van der Waals surface area contributed by atoms with Crippen molar-refractivity contribution in [2.45, 2.75) is 13.8 Å². The highest BCUT2D eigenvalue weighted by Gasteiger charge is 2.13. The normalized spacial score (nSPS) is 10.9. The van der Waals surface area contributed by atoms with Crippen LogP contribution >= 0.6 is 0 Å². The quantitative estimate of drug-likeness (QED) is 0.353. The molecule has 0 bridgehead atoms. The topological polar surface area (TPSA) is 117 Å². The zero-order chi connectivity index (χ0) is 23.7. The van der Waals surface area contributed by atoms with E-state index in [0.717, 1.165) is 22.3 Å². The van der Waals surface area contributed by atoms with Crippen molar-refractivity contribution in [1.29, 1.82) is 0 Å². The third-order valence-electron chi connectivity index (χ3n) is 5.43. The minimum atomic E-state index is -0.00948. The summed E-state index contributed by atoms with van der Waals surface area (Å²) in [5.41, 5.74) is 4.41. The molecule has 0 unspecified atom stereocenters. The molecule has 5 aromatic rings. The number of benzene rings is 3. The molecule has 0 fully saturated rings. The summed E-state index contributed by atoms with van der Waals surface area (Å²) >= 11 is 0. The summed E-state index contributed by atoms with van der Waals surface area (Å²) in [6.07, 6.45) is 0. The predicted molar refractivity (Wildman–Crippen MR) is 128 cm³/mol. The number of hydrogen-bond donors (Lipinski definition) is 2. The molecule has 0 saturated heterocycles. The molecule has 2 N–H and O–H groups in total. The molecule has 0 saturated carbocycles. The van der Waals surface area contributed by atoms with Gasteiger partial charge in [0.2, 0.25) is 0 Å². The van der Waals surface area contributed by atoms with Crippen molar-refractivity contribution in [2.24, 2.45) is 0 Å². The molecule has 0 radical (unpaired) electrons. The van der Waals surface area contributed by atoms with Crippen LogP contribution in [0.4, 0.5) is 0 Å². The number of carbonyl (C=O) groups excluding carboxylic acids is 2. The highest BCUT2D eigenvalue weighted by atomic mass is 16.1. The lowest BCUT2D eigenvalue weighted by Gasteiger charge is -2.01. The van der Waals surface area contributed by atoms with Gasteiger partial charge in [-0.25, -0.2) is 9.97 Å². The first kappa shape index (κ1) is 21.1. The van der Waals surface area contributed by atoms with Gasteiger partial charge in [0.1, 0.15) is 0 Å². The summed E-state index contributed by atoms with van der Waals surface area (Å²) in [6, 6.07) is 22.2. The monoisotopic (exact) mass is 448 g/mol. The average molecular weight is 448 g/mol. The van der Waals surface area contributed by atoms with Gasteiger partial charge in [0.15, 0.2) is 34.9 Å². The molecule has 0 atom stereocenters. The first-order valence-electron chi connectivity index (χ1n) is 10.7. The van der Waals surface area contributed by atoms with E-state index < -0.39 is 0 Å². The number of Topliss-reactive ketones (excluding diaryl/α,β-unsaturated/α-hetero) is 2. The van der Waals surface area contributed by atoms with Crippen LogP contribution in [0.3, 0.4) is 0 Å². The van der Waals surface area contributed by atoms with Crippen molar-refractivity contribution in [3.8, 4) is 45.6 Å². The third-order valence-corrected chi connectivity index (χ3v) is 5.43. The molecule has 2 heterocycles. The van der Waals surface area contributed by atoms with Gasteiger partial charge in [-0.05, 0) is 32.0 Å². The van der Waals surface area contributed by atoms with Gasteiger partial charge in [-0.15, -0.1) is 0 Å². The zero-order valence-corrected chi connectivity index (χ0v) is 18.5. The molecule has 2 aromatic heterocycles. The molecule has 166 valence electrons. The van der Waals surface area contributed by atoms with E-state index in [0.29, 0.717) is 34.4 Å². The Bertz CT molecular complexity index is 1420. The molecule has 0 aliphatic carbocycles. The van der Waals surface area contributed by atoms with E-state index >= 15 is 0 Å². The molecule has 8 nitrogen and oxygen atoms in total. The largest absolute Gasteiger partial charge is 0.295 e. The maximum atomic E-state index is 11.7. The van der Waals surface area contributed by atoms with Crippen molar-refractivity contribution < 1.29 is 9.59 Å². The Balaban J connectivity index is 1.43. The van der Waals surface area contributed by atoms with Crippen molar-refractivity contribution in [2.75, 3.05) is 0 Å². The molecule has 3 aromatic carbocycles. The SMILES string of the molecule is CC(=O)c1cccc(-c2n[nH]c(-c3cccc(-c4nc(-c5cccc(C(C)=O)c5)n[nH]4)c3)n2)c1. The molecule has 34 heavy (non-hydrogen) atoms.